The van der Waals surface area contributed by atoms with Gasteiger partial charge in [0.05, 0.1) is 0 Å². The number of hydrogen-bond acceptors (Lipinski definition) is 2. The molecule has 0 amide bonds. The lowest BCUT2D eigenvalue weighted by atomic mass is 10.1. The molecule has 0 N–H and O–H groups in total. The maximum atomic E-state index is 13.9. The van der Waals surface area contributed by atoms with E-state index in [1.165, 1.54) is 11.6 Å². The van der Waals surface area contributed by atoms with Crippen LogP contribution in [0, 0.1) is 5.82 Å². The first-order valence-electron chi connectivity index (χ1n) is 8.31. The van der Waals surface area contributed by atoms with Crippen molar-refractivity contribution in [2.24, 2.45) is 0 Å². The minimum absolute atomic E-state index is 0.212. The second-order valence-corrected chi connectivity index (χ2v) is 6.50. The number of halogens is 2. The van der Waals surface area contributed by atoms with Crippen LogP contribution in [0.2, 0.25) is 5.02 Å². The molecule has 4 heteroatoms. The molecular formula is C20H22ClFN2. The van der Waals surface area contributed by atoms with Crippen molar-refractivity contribution >= 4 is 17.7 Å². The van der Waals surface area contributed by atoms with Crippen molar-refractivity contribution in [1.82, 2.24) is 9.80 Å². The fraction of sp³-hybridized carbons (Fsp3) is 0.300. The highest BCUT2D eigenvalue weighted by Gasteiger charge is 2.18. The molecule has 126 valence electrons. The number of hydrogen-bond donors (Lipinski definition) is 0. The van der Waals surface area contributed by atoms with E-state index in [2.05, 4.69) is 34.1 Å². The lowest BCUT2D eigenvalue weighted by Gasteiger charge is -2.34. The Labute approximate surface area is 148 Å². The van der Waals surface area contributed by atoms with Gasteiger partial charge < -0.3 is 0 Å². The van der Waals surface area contributed by atoms with E-state index >= 15 is 0 Å². The molecule has 1 heterocycles. The van der Waals surface area contributed by atoms with Gasteiger partial charge in [-0.3, -0.25) is 9.80 Å². The van der Waals surface area contributed by atoms with Gasteiger partial charge in [-0.2, -0.15) is 0 Å². The van der Waals surface area contributed by atoms with E-state index < -0.39 is 0 Å². The predicted molar refractivity (Wildman–Crippen MR) is 98.6 cm³/mol. The van der Waals surface area contributed by atoms with E-state index in [1.807, 2.05) is 18.2 Å². The molecule has 0 radical (unpaired) electrons. The Bertz CT molecular complexity index is 659. The van der Waals surface area contributed by atoms with Crippen molar-refractivity contribution in [3.63, 3.8) is 0 Å². The highest BCUT2D eigenvalue weighted by Crippen LogP contribution is 2.21. The number of piperazine rings is 1. The van der Waals surface area contributed by atoms with Crippen molar-refractivity contribution in [1.29, 1.82) is 0 Å². The summed E-state index contributed by atoms with van der Waals surface area (Å²) in [6.45, 7) is 5.38. The van der Waals surface area contributed by atoms with Crippen molar-refractivity contribution in [2.45, 2.75) is 6.54 Å². The normalized spacial score (nSPS) is 16.8. The Hall–Kier alpha value is -1.68. The van der Waals surface area contributed by atoms with E-state index in [4.69, 9.17) is 11.6 Å². The van der Waals surface area contributed by atoms with Gasteiger partial charge in [0.25, 0.3) is 0 Å². The molecule has 3 rings (SSSR count). The maximum Gasteiger partial charge on any atom is 0.129 e. The van der Waals surface area contributed by atoms with Crippen LogP contribution >= 0.6 is 11.6 Å². The monoisotopic (exact) mass is 344 g/mol. The van der Waals surface area contributed by atoms with Gasteiger partial charge in [-0.15, -0.1) is 0 Å². The third kappa shape index (κ3) is 4.67. The van der Waals surface area contributed by atoms with Crippen LogP contribution in [0.3, 0.4) is 0 Å². The zero-order valence-electron chi connectivity index (χ0n) is 13.7. The smallest absolute Gasteiger partial charge is 0.129 e. The summed E-state index contributed by atoms with van der Waals surface area (Å²) < 4.78 is 13.9. The molecule has 1 aliphatic rings. The Balaban J connectivity index is 1.47. The molecular weight excluding hydrogens is 323 g/mol. The summed E-state index contributed by atoms with van der Waals surface area (Å²) in [5.74, 6) is -0.212. The van der Waals surface area contributed by atoms with Crippen LogP contribution < -0.4 is 0 Å². The van der Waals surface area contributed by atoms with E-state index in [0.29, 0.717) is 17.1 Å². The molecule has 0 saturated carbocycles. The zero-order chi connectivity index (χ0) is 16.8. The molecule has 1 aliphatic heterocycles. The van der Waals surface area contributed by atoms with Gasteiger partial charge in [-0.25, -0.2) is 4.39 Å². The molecule has 0 atom stereocenters. The number of rotatable bonds is 5. The first-order chi connectivity index (χ1) is 11.7. The Morgan fingerprint density at radius 2 is 1.62 bits per heavy atom. The van der Waals surface area contributed by atoms with Gasteiger partial charge in [0.1, 0.15) is 5.82 Å². The van der Waals surface area contributed by atoms with Crippen molar-refractivity contribution in [2.75, 3.05) is 32.7 Å². The molecule has 0 unspecified atom stereocenters. The molecule has 2 aromatic rings. The average Bonchev–Trinajstić information content (AvgIpc) is 2.61. The van der Waals surface area contributed by atoms with Crippen LogP contribution in [0.4, 0.5) is 4.39 Å². The van der Waals surface area contributed by atoms with Gasteiger partial charge in [0, 0.05) is 49.9 Å². The third-order valence-corrected chi connectivity index (χ3v) is 4.74. The molecule has 2 aromatic carbocycles. The number of nitrogens with zero attached hydrogens (tertiary/aromatic N) is 2. The van der Waals surface area contributed by atoms with Crippen LogP contribution in [0.5, 0.6) is 0 Å². The Kier molecular flexibility index (Phi) is 6.02. The Morgan fingerprint density at radius 1 is 0.917 bits per heavy atom. The van der Waals surface area contributed by atoms with Gasteiger partial charge in [-0.1, -0.05) is 60.2 Å². The van der Waals surface area contributed by atoms with Gasteiger partial charge in [0.15, 0.2) is 0 Å². The van der Waals surface area contributed by atoms with Gasteiger partial charge in [-0.05, 0) is 17.7 Å². The van der Waals surface area contributed by atoms with Crippen molar-refractivity contribution in [3.05, 3.63) is 76.6 Å². The SMILES string of the molecule is Fc1cccc(Cl)c1CN1CCN(C/C=C/c2ccccc2)CC1. The zero-order valence-corrected chi connectivity index (χ0v) is 14.4. The Morgan fingerprint density at radius 3 is 2.33 bits per heavy atom. The van der Waals surface area contributed by atoms with Crippen molar-refractivity contribution < 1.29 is 4.39 Å². The lowest BCUT2D eigenvalue weighted by molar-refractivity contribution is 0.136. The molecule has 0 aromatic heterocycles. The summed E-state index contributed by atoms with van der Waals surface area (Å²) in [5.41, 5.74) is 1.84. The minimum atomic E-state index is -0.212. The van der Waals surface area contributed by atoms with Gasteiger partial charge in [0.2, 0.25) is 0 Å². The van der Waals surface area contributed by atoms with Crippen LogP contribution in [-0.2, 0) is 6.54 Å². The topological polar surface area (TPSA) is 6.48 Å². The fourth-order valence-corrected chi connectivity index (χ4v) is 3.16. The summed E-state index contributed by atoms with van der Waals surface area (Å²) in [4.78, 5) is 4.68. The average molecular weight is 345 g/mol. The summed E-state index contributed by atoms with van der Waals surface area (Å²) in [6, 6.07) is 15.2. The molecule has 1 fully saturated rings. The molecule has 1 saturated heterocycles. The summed E-state index contributed by atoms with van der Waals surface area (Å²) in [5, 5.41) is 0.517. The van der Waals surface area contributed by atoms with Crippen LogP contribution in [0.25, 0.3) is 6.08 Å². The quantitative estimate of drug-likeness (QED) is 0.797. The van der Waals surface area contributed by atoms with E-state index in [0.717, 1.165) is 32.7 Å². The lowest BCUT2D eigenvalue weighted by Crippen LogP contribution is -2.45. The largest absolute Gasteiger partial charge is 0.297 e. The fourth-order valence-electron chi connectivity index (χ4n) is 2.94. The summed E-state index contributed by atoms with van der Waals surface area (Å²) in [7, 11) is 0. The standard InChI is InChI=1S/C20H22ClFN2/c21-19-9-4-10-20(22)18(19)16-24-14-12-23(13-15-24)11-5-8-17-6-2-1-3-7-17/h1-10H,11-16H2/b8-5+. The summed E-state index contributed by atoms with van der Waals surface area (Å²) >= 11 is 6.12. The van der Waals surface area contributed by atoms with E-state index in [-0.39, 0.29) is 5.82 Å². The van der Waals surface area contributed by atoms with E-state index in [1.54, 1.807) is 12.1 Å². The first-order valence-corrected chi connectivity index (χ1v) is 8.69. The molecule has 24 heavy (non-hydrogen) atoms. The number of benzene rings is 2. The van der Waals surface area contributed by atoms with E-state index in [9.17, 15) is 4.39 Å². The molecule has 2 nitrogen and oxygen atoms in total. The molecule has 0 aliphatic carbocycles. The van der Waals surface area contributed by atoms with Crippen LogP contribution in [-0.4, -0.2) is 42.5 Å². The second-order valence-electron chi connectivity index (χ2n) is 6.09. The first kappa shape index (κ1) is 17.2. The van der Waals surface area contributed by atoms with Gasteiger partial charge >= 0.3 is 0 Å². The van der Waals surface area contributed by atoms with Crippen molar-refractivity contribution in [3.8, 4) is 0 Å². The maximum absolute atomic E-state index is 13.9. The minimum Gasteiger partial charge on any atom is -0.297 e. The highest BCUT2D eigenvalue weighted by molar-refractivity contribution is 6.31. The van der Waals surface area contributed by atoms with Crippen LogP contribution in [0.15, 0.2) is 54.6 Å². The predicted octanol–water partition coefficient (Wildman–Crippen LogP) is 4.31. The molecule has 0 spiro atoms. The second kappa shape index (κ2) is 8.43. The van der Waals surface area contributed by atoms with Crippen LogP contribution in [0.1, 0.15) is 11.1 Å². The third-order valence-electron chi connectivity index (χ3n) is 4.38. The summed E-state index contributed by atoms with van der Waals surface area (Å²) in [6.07, 6.45) is 4.37. The molecule has 0 bridgehead atoms. The highest BCUT2D eigenvalue weighted by atomic mass is 35.5.